The van der Waals surface area contributed by atoms with Gasteiger partial charge in [0.15, 0.2) is 5.65 Å². The number of carbonyl (C=O) groups excluding carboxylic acids is 1. The second-order valence-corrected chi connectivity index (χ2v) is 7.47. The molecule has 2 aromatic heterocycles. The highest BCUT2D eigenvalue weighted by atomic mass is 16.2. The minimum atomic E-state index is 0.120. The normalized spacial score (nSPS) is 14.3. The fraction of sp³-hybridized carbons (Fsp3) is 0.208. The Morgan fingerprint density at radius 3 is 2.43 bits per heavy atom. The molecule has 0 atom stereocenters. The summed E-state index contributed by atoms with van der Waals surface area (Å²) < 4.78 is 1.88. The van der Waals surface area contributed by atoms with Crippen molar-refractivity contribution in [2.24, 2.45) is 0 Å². The lowest BCUT2D eigenvalue weighted by molar-refractivity contribution is -0.132. The number of aromatic nitrogens is 3. The maximum absolute atomic E-state index is 12.9. The van der Waals surface area contributed by atoms with Gasteiger partial charge in [0.2, 0.25) is 5.91 Å². The van der Waals surface area contributed by atoms with Crippen LogP contribution in [0.15, 0.2) is 79.3 Å². The number of imidazole rings is 1. The summed E-state index contributed by atoms with van der Waals surface area (Å²) in [7, 11) is 0. The first-order valence-corrected chi connectivity index (χ1v) is 10.2. The summed E-state index contributed by atoms with van der Waals surface area (Å²) >= 11 is 0. The Balaban J connectivity index is 1.27. The minimum Gasteiger partial charge on any atom is -0.367 e. The van der Waals surface area contributed by atoms with E-state index in [1.165, 1.54) is 16.8 Å². The number of hydrogen-bond acceptors (Lipinski definition) is 4. The van der Waals surface area contributed by atoms with Gasteiger partial charge in [-0.3, -0.25) is 4.79 Å². The number of nitrogens with zero attached hydrogens (tertiary/aromatic N) is 5. The molecule has 1 amide bonds. The third-order valence-electron chi connectivity index (χ3n) is 5.66. The van der Waals surface area contributed by atoms with Crippen LogP contribution >= 0.6 is 0 Å². The van der Waals surface area contributed by atoms with Crippen LogP contribution in [0.1, 0.15) is 0 Å². The van der Waals surface area contributed by atoms with Crippen LogP contribution in [0, 0.1) is 0 Å². The molecule has 0 bridgehead atoms. The molecule has 1 aliphatic rings. The van der Waals surface area contributed by atoms with E-state index in [9.17, 15) is 4.79 Å². The monoisotopic (exact) mass is 397 g/mol. The van der Waals surface area contributed by atoms with E-state index in [0.717, 1.165) is 18.6 Å². The minimum absolute atomic E-state index is 0.120. The van der Waals surface area contributed by atoms with Gasteiger partial charge in [0.25, 0.3) is 0 Å². The molecule has 4 aromatic rings. The molecule has 1 saturated heterocycles. The molecule has 0 saturated carbocycles. The van der Waals surface area contributed by atoms with Crippen molar-refractivity contribution in [3.8, 4) is 11.1 Å². The van der Waals surface area contributed by atoms with Crippen molar-refractivity contribution in [2.45, 2.75) is 6.54 Å². The predicted molar refractivity (Wildman–Crippen MR) is 118 cm³/mol. The number of hydrogen-bond donors (Lipinski definition) is 0. The molecule has 30 heavy (non-hydrogen) atoms. The summed E-state index contributed by atoms with van der Waals surface area (Å²) in [5.41, 5.74) is 5.24. The molecule has 0 aliphatic carbocycles. The molecule has 0 spiro atoms. The van der Waals surface area contributed by atoms with E-state index in [4.69, 9.17) is 0 Å². The topological polar surface area (TPSA) is 54.3 Å². The summed E-state index contributed by atoms with van der Waals surface area (Å²) in [6, 6.07) is 22.8. The zero-order valence-corrected chi connectivity index (χ0v) is 16.7. The summed E-state index contributed by atoms with van der Waals surface area (Å²) in [4.78, 5) is 25.7. The number of pyridine rings is 1. The van der Waals surface area contributed by atoms with Gasteiger partial charge in [-0.2, -0.15) is 0 Å². The molecule has 1 aliphatic heterocycles. The van der Waals surface area contributed by atoms with Crippen LogP contribution in [0.3, 0.4) is 0 Å². The first-order valence-electron chi connectivity index (χ1n) is 10.2. The van der Waals surface area contributed by atoms with Gasteiger partial charge in [-0.15, -0.1) is 0 Å². The van der Waals surface area contributed by atoms with E-state index in [0.29, 0.717) is 25.3 Å². The summed E-state index contributed by atoms with van der Waals surface area (Å²) in [5.74, 6) is 0.120. The number of piperazine rings is 1. The number of rotatable bonds is 4. The molecule has 1 fully saturated rings. The van der Waals surface area contributed by atoms with Crippen LogP contribution in [-0.4, -0.2) is 51.5 Å². The Morgan fingerprint density at radius 2 is 1.60 bits per heavy atom. The Morgan fingerprint density at radius 1 is 0.833 bits per heavy atom. The first-order chi connectivity index (χ1) is 14.8. The standard InChI is InChI=1S/C24H23N5O/c30-23(17-29-18-26-24-22(29)11-6-12-25-24)28-15-13-27(14-16-28)21-10-5-4-9-20(21)19-7-2-1-3-8-19/h1-12,18H,13-17H2. The second kappa shape index (κ2) is 7.99. The third kappa shape index (κ3) is 3.52. The van der Waals surface area contributed by atoms with Crippen molar-refractivity contribution in [2.75, 3.05) is 31.1 Å². The maximum Gasteiger partial charge on any atom is 0.242 e. The zero-order valence-electron chi connectivity index (χ0n) is 16.7. The van der Waals surface area contributed by atoms with E-state index in [1.54, 1.807) is 12.5 Å². The van der Waals surface area contributed by atoms with Gasteiger partial charge in [-0.25, -0.2) is 9.97 Å². The number of carbonyl (C=O) groups is 1. The number of anilines is 1. The van der Waals surface area contributed by atoms with Crippen molar-refractivity contribution < 1.29 is 4.79 Å². The number of fused-ring (bicyclic) bond motifs is 1. The summed E-state index contributed by atoms with van der Waals surface area (Å²) in [6.45, 7) is 3.37. The highest BCUT2D eigenvalue weighted by molar-refractivity contribution is 5.81. The fourth-order valence-corrected chi connectivity index (χ4v) is 4.08. The number of para-hydroxylation sites is 1. The molecule has 2 aromatic carbocycles. The lowest BCUT2D eigenvalue weighted by Crippen LogP contribution is -2.49. The fourth-order valence-electron chi connectivity index (χ4n) is 4.08. The maximum atomic E-state index is 12.9. The zero-order chi connectivity index (χ0) is 20.3. The average molecular weight is 397 g/mol. The van der Waals surface area contributed by atoms with Crippen LogP contribution < -0.4 is 4.90 Å². The van der Waals surface area contributed by atoms with Crippen LogP contribution in [-0.2, 0) is 11.3 Å². The van der Waals surface area contributed by atoms with Crippen molar-refractivity contribution in [3.05, 3.63) is 79.3 Å². The smallest absolute Gasteiger partial charge is 0.242 e. The molecule has 0 N–H and O–H groups in total. The molecule has 6 heteroatoms. The Hall–Kier alpha value is -3.67. The SMILES string of the molecule is O=C(Cn1cnc2ncccc21)N1CCN(c2ccccc2-c2ccccc2)CC1. The molecule has 6 nitrogen and oxygen atoms in total. The van der Waals surface area contributed by atoms with E-state index >= 15 is 0 Å². The van der Waals surface area contributed by atoms with Crippen molar-refractivity contribution >= 4 is 22.8 Å². The average Bonchev–Trinajstić information content (AvgIpc) is 3.22. The molecule has 3 heterocycles. The molecule has 5 rings (SSSR count). The van der Waals surface area contributed by atoms with E-state index < -0.39 is 0 Å². The Bertz CT molecular complexity index is 1160. The molecular formula is C24H23N5O. The predicted octanol–water partition coefficient (Wildman–Crippen LogP) is 3.45. The quantitative estimate of drug-likeness (QED) is 0.529. The van der Waals surface area contributed by atoms with E-state index in [-0.39, 0.29) is 5.91 Å². The van der Waals surface area contributed by atoms with Crippen molar-refractivity contribution in [1.29, 1.82) is 0 Å². The highest BCUT2D eigenvalue weighted by Crippen LogP contribution is 2.31. The lowest BCUT2D eigenvalue weighted by Gasteiger charge is -2.37. The van der Waals surface area contributed by atoms with Crippen molar-refractivity contribution in [1.82, 2.24) is 19.4 Å². The molecule has 0 unspecified atom stereocenters. The Kier molecular flexibility index (Phi) is 4.89. The van der Waals surface area contributed by atoms with E-state index in [1.807, 2.05) is 27.7 Å². The summed E-state index contributed by atoms with van der Waals surface area (Å²) in [6.07, 6.45) is 3.41. The van der Waals surface area contributed by atoms with Gasteiger partial charge < -0.3 is 14.4 Å². The van der Waals surface area contributed by atoms with Gasteiger partial charge in [0, 0.05) is 43.6 Å². The van der Waals surface area contributed by atoms with Gasteiger partial charge >= 0.3 is 0 Å². The van der Waals surface area contributed by atoms with Crippen LogP contribution in [0.5, 0.6) is 0 Å². The van der Waals surface area contributed by atoms with Gasteiger partial charge in [0.05, 0.1) is 11.8 Å². The van der Waals surface area contributed by atoms with Gasteiger partial charge in [-0.1, -0.05) is 48.5 Å². The van der Waals surface area contributed by atoms with Crippen LogP contribution in [0.2, 0.25) is 0 Å². The highest BCUT2D eigenvalue weighted by Gasteiger charge is 2.23. The third-order valence-corrected chi connectivity index (χ3v) is 5.66. The molecule has 0 radical (unpaired) electrons. The molecule has 150 valence electrons. The number of amides is 1. The van der Waals surface area contributed by atoms with Crippen LogP contribution in [0.25, 0.3) is 22.3 Å². The lowest BCUT2D eigenvalue weighted by atomic mass is 10.0. The van der Waals surface area contributed by atoms with Crippen LogP contribution in [0.4, 0.5) is 5.69 Å². The van der Waals surface area contributed by atoms with Gasteiger partial charge in [0.1, 0.15) is 6.54 Å². The number of benzene rings is 2. The van der Waals surface area contributed by atoms with E-state index in [2.05, 4.69) is 63.4 Å². The Labute approximate surface area is 175 Å². The van der Waals surface area contributed by atoms with Gasteiger partial charge in [-0.05, 0) is 23.8 Å². The first kappa shape index (κ1) is 18.4. The second-order valence-electron chi connectivity index (χ2n) is 7.47. The largest absolute Gasteiger partial charge is 0.367 e. The summed E-state index contributed by atoms with van der Waals surface area (Å²) in [5, 5.41) is 0. The molecular weight excluding hydrogens is 374 g/mol. The van der Waals surface area contributed by atoms with Crippen molar-refractivity contribution in [3.63, 3.8) is 0 Å².